The van der Waals surface area contributed by atoms with E-state index in [-0.39, 0.29) is 17.7 Å². The van der Waals surface area contributed by atoms with Crippen LogP contribution in [0.1, 0.15) is 31.8 Å². The van der Waals surface area contributed by atoms with E-state index < -0.39 is 23.9 Å². The molecule has 122 valence electrons. The maximum Gasteiger partial charge on any atom is 0.339 e. The summed E-state index contributed by atoms with van der Waals surface area (Å²) in [7, 11) is 0. The minimum Gasteiger partial charge on any atom is -0.545 e. The van der Waals surface area contributed by atoms with Crippen LogP contribution in [0.4, 0.5) is 5.69 Å². The summed E-state index contributed by atoms with van der Waals surface area (Å²) in [5, 5.41) is 13.6. The number of cyclic esters (lactones) is 1. The molecule has 0 aromatic heterocycles. The third-order valence-corrected chi connectivity index (χ3v) is 3.84. The molecule has 1 atom stereocenters. The van der Waals surface area contributed by atoms with Crippen LogP contribution in [0.15, 0.2) is 42.5 Å². The van der Waals surface area contributed by atoms with Crippen LogP contribution in [0.25, 0.3) is 0 Å². The van der Waals surface area contributed by atoms with E-state index in [0.29, 0.717) is 5.56 Å². The summed E-state index contributed by atoms with van der Waals surface area (Å²) in [6.45, 7) is 1.86. The van der Waals surface area contributed by atoms with Gasteiger partial charge in [-0.25, -0.2) is 4.79 Å². The van der Waals surface area contributed by atoms with Gasteiger partial charge < -0.3 is 20.0 Å². The van der Waals surface area contributed by atoms with Gasteiger partial charge in [-0.15, -0.1) is 0 Å². The molecule has 0 radical (unpaired) electrons. The van der Waals surface area contributed by atoms with Gasteiger partial charge in [0.05, 0.1) is 11.5 Å². The maximum atomic E-state index is 12.4. The number of anilines is 1. The number of aryl methyl sites for hydroxylation is 1. The number of para-hydroxylation sites is 1. The number of esters is 1. The minimum absolute atomic E-state index is 0.105. The number of amides is 1. The van der Waals surface area contributed by atoms with Gasteiger partial charge in [0.2, 0.25) is 0 Å². The van der Waals surface area contributed by atoms with Crippen molar-refractivity contribution in [1.29, 1.82) is 0 Å². The van der Waals surface area contributed by atoms with Crippen LogP contribution in [0, 0.1) is 6.92 Å². The van der Waals surface area contributed by atoms with Gasteiger partial charge in [0.15, 0.2) is 6.10 Å². The lowest BCUT2D eigenvalue weighted by molar-refractivity contribution is -0.254. The van der Waals surface area contributed by atoms with E-state index in [9.17, 15) is 19.5 Å². The fourth-order valence-electron chi connectivity index (χ4n) is 2.62. The molecular weight excluding hydrogens is 310 g/mol. The Kier molecular flexibility index (Phi) is 4.04. The molecule has 0 spiro atoms. The van der Waals surface area contributed by atoms with Crippen molar-refractivity contribution >= 4 is 23.5 Å². The van der Waals surface area contributed by atoms with E-state index in [1.165, 1.54) is 18.2 Å². The van der Waals surface area contributed by atoms with Crippen molar-refractivity contribution in [3.05, 3.63) is 64.7 Å². The summed E-state index contributed by atoms with van der Waals surface area (Å²) in [4.78, 5) is 35.5. The Bertz CT molecular complexity index is 843. The highest BCUT2D eigenvalue weighted by molar-refractivity contribution is 6.03. The molecule has 24 heavy (non-hydrogen) atoms. The number of aromatic carboxylic acids is 1. The summed E-state index contributed by atoms with van der Waals surface area (Å²) in [5.41, 5.74) is 2.08. The molecule has 0 bridgehead atoms. The fraction of sp³-hybridized carbons (Fsp3) is 0.167. The fourth-order valence-corrected chi connectivity index (χ4v) is 2.62. The first-order valence-corrected chi connectivity index (χ1v) is 7.37. The molecule has 1 heterocycles. The molecule has 1 N–H and O–H groups in total. The summed E-state index contributed by atoms with van der Waals surface area (Å²) in [5.74, 6) is -2.54. The van der Waals surface area contributed by atoms with Crippen molar-refractivity contribution in [3.63, 3.8) is 0 Å². The molecule has 1 aliphatic heterocycles. The summed E-state index contributed by atoms with van der Waals surface area (Å²) in [6, 6.07) is 11.3. The highest BCUT2D eigenvalue weighted by Crippen LogP contribution is 2.23. The van der Waals surface area contributed by atoms with Gasteiger partial charge in [0, 0.05) is 17.7 Å². The van der Waals surface area contributed by atoms with Crippen LogP contribution in [0.2, 0.25) is 0 Å². The number of carboxylic acids is 1. The molecule has 6 nitrogen and oxygen atoms in total. The SMILES string of the molecule is Cc1ccc2c(c1)C(=O)O[C@H](C(=O)Nc1ccccc1C(=O)[O-])C2. The highest BCUT2D eigenvalue weighted by Gasteiger charge is 2.31. The Labute approximate surface area is 138 Å². The van der Waals surface area contributed by atoms with Gasteiger partial charge in [-0.2, -0.15) is 0 Å². The van der Waals surface area contributed by atoms with Crippen LogP contribution in [-0.2, 0) is 16.0 Å². The molecule has 1 amide bonds. The summed E-state index contributed by atoms with van der Waals surface area (Å²) in [6.07, 6.45) is -0.775. The largest absolute Gasteiger partial charge is 0.545 e. The number of carboxylic acid groups (broad SMARTS) is 1. The lowest BCUT2D eigenvalue weighted by atomic mass is 9.96. The minimum atomic E-state index is -1.40. The first kappa shape index (κ1) is 15.7. The summed E-state index contributed by atoms with van der Waals surface area (Å²) >= 11 is 0. The van der Waals surface area contributed by atoms with Crippen molar-refractivity contribution in [2.75, 3.05) is 5.32 Å². The molecule has 0 aliphatic carbocycles. The van der Waals surface area contributed by atoms with E-state index in [4.69, 9.17) is 4.74 Å². The number of carbonyl (C=O) groups excluding carboxylic acids is 3. The maximum absolute atomic E-state index is 12.4. The molecule has 0 saturated carbocycles. The molecule has 1 aliphatic rings. The predicted molar refractivity (Wildman–Crippen MR) is 83.5 cm³/mol. The van der Waals surface area contributed by atoms with Crippen molar-refractivity contribution in [2.45, 2.75) is 19.4 Å². The van der Waals surface area contributed by atoms with Crippen LogP contribution in [-0.4, -0.2) is 23.9 Å². The quantitative estimate of drug-likeness (QED) is 0.852. The number of ether oxygens (including phenoxy) is 1. The van der Waals surface area contributed by atoms with Crippen molar-refractivity contribution in [2.24, 2.45) is 0 Å². The Morgan fingerprint density at radius 2 is 1.96 bits per heavy atom. The third kappa shape index (κ3) is 2.99. The number of hydrogen-bond donors (Lipinski definition) is 1. The molecule has 2 aromatic carbocycles. The number of hydrogen-bond acceptors (Lipinski definition) is 5. The number of nitrogens with one attached hydrogen (secondary N) is 1. The molecule has 2 aromatic rings. The average molecular weight is 324 g/mol. The second-order valence-electron chi connectivity index (χ2n) is 5.58. The first-order valence-electron chi connectivity index (χ1n) is 7.37. The second-order valence-corrected chi connectivity index (χ2v) is 5.58. The van der Waals surface area contributed by atoms with Gasteiger partial charge in [-0.1, -0.05) is 35.9 Å². The van der Waals surface area contributed by atoms with Gasteiger partial charge in [0.1, 0.15) is 0 Å². The Hall–Kier alpha value is -3.15. The van der Waals surface area contributed by atoms with Crippen LogP contribution >= 0.6 is 0 Å². The molecule has 0 unspecified atom stereocenters. The smallest absolute Gasteiger partial charge is 0.339 e. The van der Waals surface area contributed by atoms with E-state index >= 15 is 0 Å². The first-order chi connectivity index (χ1) is 11.5. The Morgan fingerprint density at radius 1 is 1.21 bits per heavy atom. The van der Waals surface area contributed by atoms with E-state index in [0.717, 1.165) is 11.1 Å². The molecular formula is C18H14NO5-. The predicted octanol–water partition coefficient (Wildman–Crippen LogP) is 1.08. The summed E-state index contributed by atoms with van der Waals surface area (Å²) < 4.78 is 5.19. The highest BCUT2D eigenvalue weighted by atomic mass is 16.5. The zero-order chi connectivity index (χ0) is 17.3. The van der Waals surface area contributed by atoms with Gasteiger partial charge in [-0.05, 0) is 24.6 Å². The van der Waals surface area contributed by atoms with Gasteiger partial charge in [0.25, 0.3) is 5.91 Å². The zero-order valence-corrected chi connectivity index (χ0v) is 12.9. The number of rotatable bonds is 3. The number of carbonyl (C=O) groups is 3. The van der Waals surface area contributed by atoms with Crippen LogP contribution < -0.4 is 10.4 Å². The topological polar surface area (TPSA) is 95.5 Å². The van der Waals surface area contributed by atoms with Crippen molar-refractivity contribution in [1.82, 2.24) is 0 Å². The average Bonchev–Trinajstić information content (AvgIpc) is 2.55. The lowest BCUT2D eigenvalue weighted by Crippen LogP contribution is -2.38. The van der Waals surface area contributed by atoms with Gasteiger partial charge >= 0.3 is 5.97 Å². The van der Waals surface area contributed by atoms with E-state index in [1.54, 1.807) is 18.2 Å². The second kappa shape index (κ2) is 6.16. The molecule has 0 saturated heterocycles. The van der Waals surface area contributed by atoms with E-state index in [2.05, 4.69) is 5.32 Å². The lowest BCUT2D eigenvalue weighted by Gasteiger charge is -2.24. The van der Waals surface area contributed by atoms with Crippen molar-refractivity contribution in [3.8, 4) is 0 Å². The molecule has 6 heteroatoms. The molecule has 0 fully saturated rings. The Morgan fingerprint density at radius 3 is 2.71 bits per heavy atom. The van der Waals surface area contributed by atoms with Crippen molar-refractivity contribution < 1.29 is 24.2 Å². The number of fused-ring (bicyclic) bond motifs is 1. The molecule has 3 rings (SSSR count). The normalized spacial score (nSPS) is 16.0. The third-order valence-electron chi connectivity index (χ3n) is 3.84. The van der Waals surface area contributed by atoms with E-state index in [1.807, 2.05) is 13.0 Å². The monoisotopic (exact) mass is 324 g/mol. The standard InChI is InChI=1S/C18H15NO5/c1-10-6-7-11-9-15(24-18(23)13(11)8-10)16(20)19-14-5-3-2-4-12(14)17(21)22/h2-8,15H,9H2,1H3,(H,19,20)(H,21,22)/p-1/t15-/m0/s1. The Balaban J connectivity index is 1.81. The van der Waals surface area contributed by atoms with Crippen LogP contribution in [0.5, 0.6) is 0 Å². The van der Waals surface area contributed by atoms with Crippen LogP contribution in [0.3, 0.4) is 0 Å². The number of benzene rings is 2. The zero-order valence-electron chi connectivity index (χ0n) is 12.9. The van der Waals surface area contributed by atoms with Gasteiger partial charge in [-0.3, -0.25) is 4.79 Å².